The third-order valence-corrected chi connectivity index (χ3v) is 3.30. The lowest BCUT2D eigenvalue weighted by atomic mass is 10.1. The van der Waals surface area contributed by atoms with Gasteiger partial charge in [-0.15, -0.1) is 0 Å². The molecule has 0 radical (unpaired) electrons. The lowest BCUT2D eigenvalue weighted by molar-refractivity contribution is 0.0587. The van der Waals surface area contributed by atoms with Gasteiger partial charge in [-0.2, -0.15) is 0 Å². The van der Waals surface area contributed by atoms with Crippen LogP contribution in [0.5, 0.6) is 5.75 Å². The molecule has 19 heavy (non-hydrogen) atoms. The number of hydrogen-bond donors (Lipinski definition) is 2. The monoisotopic (exact) mass is 332 g/mol. The maximum absolute atomic E-state index is 5.53. The number of rotatable bonds is 9. The van der Waals surface area contributed by atoms with E-state index >= 15 is 0 Å². The average Bonchev–Trinajstić information content (AvgIpc) is 2.42. The quantitative estimate of drug-likeness (QED) is 0.407. The van der Waals surface area contributed by atoms with Crippen molar-refractivity contribution in [3.05, 3.63) is 28.2 Å². The molecule has 0 saturated heterocycles. The first-order valence-corrected chi connectivity index (χ1v) is 6.85. The number of methoxy groups -OCH3 is 2. The fourth-order valence-electron chi connectivity index (χ4n) is 1.66. The molecule has 3 N–H and O–H groups in total. The molecule has 0 aliphatic heterocycles. The minimum atomic E-state index is 0.0668. The van der Waals surface area contributed by atoms with Crippen molar-refractivity contribution in [2.75, 3.05) is 34.0 Å². The van der Waals surface area contributed by atoms with Crippen LogP contribution in [0, 0.1) is 0 Å². The number of benzene rings is 1. The molecule has 1 aromatic rings. The molecule has 1 unspecified atom stereocenters. The van der Waals surface area contributed by atoms with E-state index in [0.717, 1.165) is 22.2 Å². The van der Waals surface area contributed by atoms with Crippen LogP contribution in [-0.4, -0.2) is 40.1 Å². The van der Waals surface area contributed by atoms with Crippen molar-refractivity contribution in [3.63, 3.8) is 0 Å². The Bertz CT molecular complexity index is 377. The Morgan fingerprint density at radius 2 is 2.11 bits per heavy atom. The van der Waals surface area contributed by atoms with E-state index in [1.54, 1.807) is 14.2 Å². The van der Waals surface area contributed by atoms with Crippen molar-refractivity contribution in [2.45, 2.75) is 12.5 Å². The predicted octanol–water partition coefficient (Wildman–Crippen LogP) is 1.50. The van der Waals surface area contributed by atoms with Crippen molar-refractivity contribution in [3.8, 4) is 5.75 Å². The molecular weight excluding hydrogens is 312 g/mol. The number of ether oxygens (including phenoxy) is 3. The van der Waals surface area contributed by atoms with E-state index in [-0.39, 0.29) is 6.04 Å². The lowest BCUT2D eigenvalue weighted by Crippen LogP contribution is -2.40. The number of hydrazine groups is 1. The number of hydrogen-bond acceptors (Lipinski definition) is 5. The van der Waals surface area contributed by atoms with Crippen LogP contribution in [0.2, 0.25) is 0 Å². The van der Waals surface area contributed by atoms with Gasteiger partial charge in [-0.3, -0.25) is 11.3 Å². The van der Waals surface area contributed by atoms with E-state index in [1.165, 1.54) is 0 Å². The highest BCUT2D eigenvalue weighted by Gasteiger charge is 2.09. The molecule has 6 heteroatoms. The zero-order chi connectivity index (χ0) is 14.1. The van der Waals surface area contributed by atoms with Gasteiger partial charge in [0.15, 0.2) is 0 Å². The third kappa shape index (κ3) is 5.88. The van der Waals surface area contributed by atoms with Crippen LogP contribution in [0.25, 0.3) is 0 Å². The molecule has 1 atom stereocenters. The van der Waals surface area contributed by atoms with Gasteiger partial charge in [0.05, 0.1) is 31.4 Å². The van der Waals surface area contributed by atoms with E-state index in [9.17, 15) is 0 Å². The Balaban J connectivity index is 2.48. The second-order valence-corrected chi connectivity index (χ2v) is 4.96. The maximum atomic E-state index is 5.53. The second-order valence-electron chi connectivity index (χ2n) is 4.10. The highest BCUT2D eigenvalue weighted by Crippen LogP contribution is 2.25. The number of nitrogens with one attached hydrogen (secondary N) is 1. The molecule has 0 fully saturated rings. The van der Waals surface area contributed by atoms with Gasteiger partial charge in [-0.05, 0) is 40.0 Å². The molecule has 5 nitrogen and oxygen atoms in total. The summed E-state index contributed by atoms with van der Waals surface area (Å²) in [6.07, 6.45) is 0.784. The van der Waals surface area contributed by atoms with Gasteiger partial charge in [0, 0.05) is 13.2 Å². The van der Waals surface area contributed by atoms with Crippen LogP contribution in [0.1, 0.15) is 5.56 Å². The van der Waals surface area contributed by atoms with Crippen molar-refractivity contribution in [1.29, 1.82) is 0 Å². The highest BCUT2D eigenvalue weighted by molar-refractivity contribution is 9.10. The van der Waals surface area contributed by atoms with Gasteiger partial charge in [-0.1, -0.05) is 6.07 Å². The summed E-state index contributed by atoms with van der Waals surface area (Å²) in [5.41, 5.74) is 3.92. The molecule has 0 heterocycles. The molecule has 0 aromatic heterocycles. The van der Waals surface area contributed by atoms with Crippen molar-refractivity contribution < 1.29 is 14.2 Å². The fourth-order valence-corrected chi connectivity index (χ4v) is 2.24. The molecule has 0 saturated carbocycles. The summed E-state index contributed by atoms with van der Waals surface area (Å²) >= 11 is 3.47. The van der Waals surface area contributed by atoms with Crippen LogP contribution >= 0.6 is 15.9 Å². The van der Waals surface area contributed by atoms with Crippen LogP contribution in [0.4, 0.5) is 0 Å². The molecule has 0 amide bonds. The van der Waals surface area contributed by atoms with Crippen LogP contribution < -0.4 is 16.0 Å². The largest absolute Gasteiger partial charge is 0.496 e. The van der Waals surface area contributed by atoms with E-state index in [4.69, 9.17) is 20.1 Å². The minimum absolute atomic E-state index is 0.0668. The van der Waals surface area contributed by atoms with E-state index in [0.29, 0.717) is 19.8 Å². The maximum Gasteiger partial charge on any atom is 0.133 e. The second kappa shape index (κ2) is 9.28. The first kappa shape index (κ1) is 16.4. The van der Waals surface area contributed by atoms with Crippen molar-refractivity contribution in [2.24, 2.45) is 5.84 Å². The fraction of sp³-hybridized carbons (Fsp3) is 0.538. The van der Waals surface area contributed by atoms with Gasteiger partial charge in [0.25, 0.3) is 0 Å². The van der Waals surface area contributed by atoms with Gasteiger partial charge in [0.1, 0.15) is 5.75 Å². The summed E-state index contributed by atoms with van der Waals surface area (Å²) in [6, 6.07) is 6.04. The molecule has 0 spiro atoms. The van der Waals surface area contributed by atoms with Crippen LogP contribution in [-0.2, 0) is 15.9 Å². The summed E-state index contributed by atoms with van der Waals surface area (Å²) < 4.78 is 16.5. The molecule has 108 valence electrons. The standard InChI is InChI=1S/C13H21BrN2O3/c1-17-5-6-19-9-11(16-15)7-10-3-4-13(18-2)12(14)8-10/h3-4,8,11,16H,5-7,9,15H2,1-2H3. The van der Waals surface area contributed by atoms with Gasteiger partial charge >= 0.3 is 0 Å². The van der Waals surface area contributed by atoms with Crippen molar-refractivity contribution >= 4 is 15.9 Å². The highest BCUT2D eigenvalue weighted by atomic mass is 79.9. The SMILES string of the molecule is COCCOCC(Cc1ccc(OC)c(Br)c1)NN. The molecule has 1 rings (SSSR count). The molecule has 1 aromatic carbocycles. The summed E-state index contributed by atoms with van der Waals surface area (Å²) in [5, 5.41) is 0. The average molecular weight is 333 g/mol. The summed E-state index contributed by atoms with van der Waals surface area (Å²) in [4.78, 5) is 0. The van der Waals surface area contributed by atoms with Crippen molar-refractivity contribution in [1.82, 2.24) is 5.43 Å². The molecular formula is C13H21BrN2O3. The normalized spacial score (nSPS) is 12.4. The molecule has 0 bridgehead atoms. The smallest absolute Gasteiger partial charge is 0.133 e. The Morgan fingerprint density at radius 1 is 1.32 bits per heavy atom. The van der Waals surface area contributed by atoms with Crippen LogP contribution in [0.3, 0.4) is 0 Å². The number of nitrogens with two attached hydrogens (primary N) is 1. The molecule has 0 aliphatic rings. The minimum Gasteiger partial charge on any atom is -0.496 e. The zero-order valence-electron chi connectivity index (χ0n) is 11.3. The topological polar surface area (TPSA) is 65.7 Å². The van der Waals surface area contributed by atoms with Crippen LogP contribution in [0.15, 0.2) is 22.7 Å². The van der Waals surface area contributed by atoms with E-state index in [1.807, 2.05) is 18.2 Å². The van der Waals surface area contributed by atoms with Gasteiger partial charge < -0.3 is 14.2 Å². The lowest BCUT2D eigenvalue weighted by Gasteiger charge is -2.16. The summed E-state index contributed by atoms with van der Waals surface area (Å²) in [7, 11) is 3.30. The van der Waals surface area contributed by atoms with Gasteiger partial charge in [-0.25, -0.2) is 0 Å². The zero-order valence-corrected chi connectivity index (χ0v) is 12.9. The summed E-state index contributed by atoms with van der Waals surface area (Å²) in [5.74, 6) is 6.35. The Morgan fingerprint density at radius 3 is 2.68 bits per heavy atom. The van der Waals surface area contributed by atoms with E-state index < -0.39 is 0 Å². The first-order valence-electron chi connectivity index (χ1n) is 6.06. The Labute approximate surface area is 122 Å². The third-order valence-electron chi connectivity index (χ3n) is 2.68. The predicted molar refractivity (Wildman–Crippen MR) is 78.2 cm³/mol. The number of halogens is 1. The first-order chi connectivity index (χ1) is 9.21. The Hall–Kier alpha value is -0.660. The summed E-state index contributed by atoms with van der Waals surface area (Å²) in [6.45, 7) is 1.70. The van der Waals surface area contributed by atoms with E-state index in [2.05, 4.69) is 21.4 Å². The van der Waals surface area contributed by atoms with Gasteiger partial charge in [0.2, 0.25) is 0 Å². The Kier molecular flexibility index (Phi) is 8.00. The molecule has 0 aliphatic carbocycles.